The number of nitrogens with one attached hydrogen (secondary N) is 1. The molecular weight excluding hydrogens is 246 g/mol. The molecule has 106 valence electrons. The Kier molecular flexibility index (Phi) is 4.61. The maximum atomic E-state index is 11.5. The lowest BCUT2D eigenvalue weighted by Crippen LogP contribution is -2.33. The molecule has 0 spiro atoms. The molecule has 5 heteroatoms. The highest BCUT2D eigenvalue weighted by Crippen LogP contribution is 2.18. The minimum Gasteiger partial charge on any atom is -0.465 e. The minimum atomic E-state index is -0.357. The van der Waals surface area contributed by atoms with Gasteiger partial charge in [-0.15, -0.1) is 0 Å². The van der Waals surface area contributed by atoms with E-state index in [1.54, 1.807) is 13.0 Å². The van der Waals surface area contributed by atoms with Crippen molar-refractivity contribution in [3.8, 4) is 0 Å². The van der Waals surface area contributed by atoms with Crippen LogP contribution < -0.4 is 5.32 Å². The zero-order valence-corrected chi connectivity index (χ0v) is 11.7. The minimum absolute atomic E-state index is 0.357. The third kappa shape index (κ3) is 3.36. The van der Waals surface area contributed by atoms with Gasteiger partial charge in [-0.05, 0) is 32.3 Å². The Labute approximate surface area is 113 Å². The van der Waals surface area contributed by atoms with Crippen molar-refractivity contribution >= 4 is 5.97 Å². The van der Waals surface area contributed by atoms with Gasteiger partial charge in [-0.3, -0.25) is 0 Å². The van der Waals surface area contributed by atoms with E-state index in [1.165, 1.54) is 7.11 Å². The molecule has 0 amide bonds. The number of carbonyl (C=O) groups is 1. The van der Waals surface area contributed by atoms with Crippen molar-refractivity contribution in [1.82, 2.24) is 5.32 Å². The largest absolute Gasteiger partial charge is 0.465 e. The summed E-state index contributed by atoms with van der Waals surface area (Å²) in [6.07, 6.45) is 1.10. The van der Waals surface area contributed by atoms with Gasteiger partial charge in [-0.25, -0.2) is 4.79 Å². The van der Waals surface area contributed by atoms with Gasteiger partial charge >= 0.3 is 5.97 Å². The van der Waals surface area contributed by atoms with Crippen LogP contribution in [0.15, 0.2) is 10.5 Å². The van der Waals surface area contributed by atoms with Gasteiger partial charge in [0.1, 0.15) is 17.1 Å². The van der Waals surface area contributed by atoms with Gasteiger partial charge < -0.3 is 19.2 Å². The Hall–Kier alpha value is -1.33. The van der Waals surface area contributed by atoms with Crippen LogP contribution in [0.25, 0.3) is 0 Å². The highest BCUT2D eigenvalue weighted by Gasteiger charge is 2.22. The van der Waals surface area contributed by atoms with E-state index in [9.17, 15) is 4.79 Å². The molecule has 1 aromatic rings. The molecule has 0 radical (unpaired) electrons. The number of methoxy groups -OCH3 is 1. The van der Waals surface area contributed by atoms with Crippen molar-refractivity contribution in [2.45, 2.75) is 32.9 Å². The van der Waals surface area contributed by atoms with Gasteiger partial charge in [0.2, 0.25) is 0 Å². The SMILES string of the molecule is COC(=O)c1cc(CNC(C)C2CCOC2)oc1C. The van der Waals surface area contributed by atoms with Gasteiger partial charge in [0.05, 0.1) is 20.3 Å². The van der Waals surface area contributed by atoms with Crippen molar-refractivity contribution in [3.05, 3.63) is 23.2 Å². The zero-order chi connectivity index (χ0) is 13.8. The van der Waals surface area contributed by atoms with Crippen molar-refractivity contribution in [2.75, 3.05) is 20.3 Å². The number of hydrogen-bond acceptors (Lipinski definition) is 5. The molecule has 2 heterocycles. The molecule has 1 aliphatic heterocycles. The molecule has 2 unspecified atom stereocenters. The average Bonchev–Trinajstić information content (AvgIpc) is 3.04. The summed E-state index contributed by atoms with van der Waals surface area (Å²) in [7, 11) is 1.37. The van der Waals surface area contributed by atoms with Gasteiger partial charge in [0, 0.05) is 12.6 Å². The molecule has 1 N–H and O–H groups in total. The monoisotopic (exact) mass is 267 g/mol. The molecule has 5 nitrogen and oxygen atoms in total. The summed E-state index contributed by atoms with van der Waals surface area (Å²) < 4.78 is 15.6. The molecule has 0 bridgehead atoms. The molecule has 2 rings (SSSR count). The van der Waals surface area contributed by atoms with Crippen LogP contribution in [0.5, 0.6) is 0 Å². The first-order valence-electron chi connectivity index (χ1n) is 6.60. The number of furan rings is 1. The molecular formula is C14H21NO4. The number of hydrogen-bond donors (Lipinski definition) is 1. The van der Waals surface area contributed by atoms with E-state index in [1.807, 2.05) is 0 Å². The van der Waals surface area contributed by atoms with Crippen LogP contribution in [-0.2, 0) is 16.0 Å². The lowest BCUT2D eigenvalue weighted by molar-refractivity contribution is 0.0599. The highest BCUT2D eigenvalue weighted by atomic mass is 16.5. The second-order valence-electron chi connectivity index (χ2n) is 4.97. The van der Waals surface area contributed by atoms with Crippen LogP contribution in [0, 0.1) is 12.8 Å². The van der Waals surface area contributed by atoms with E-state index in [-0.39, 0.29) is 5.97 Å². The van der Waals surface area contributed by atoms with Crippen LogP contribution in [0.3, 0.4) is 0 Å². The van der Waals surface area contributed by atoms with E-state index in [4.69, 9.17) is 13.9 Å². The van der Waals surface area contributed by atoms with Gasteiger partial charge in [-0.2, -0.15) is 0 Å². The molecule has 1 aliphatic rings. The first-order valence-corrected chi connectivity index (χ1v) is 6.60. The second kappa shape index (κ2) is 6.21. The summed E-state index contributed by atoms with van der Waals surface area (Å²) in [5.74, 6) is 1.55. The molecule has 0 aliphatic carbocycles. The molecule has 1 fully saturated rings. The highest BCUT2D eigenvalue weighted by molar-refractivity contribution is 5.90. The number of carbonyl (C=O) groups excluding carboxylic acids is 1. The molecule has 0 saturated carbocycles. The molecule has 0 aromatic carbocycles. The molecule has 2 atom stereocenters. The number of ether oxygens (including phenoxy) is 2. The van der Waals surface area contributed by atoms with E-state index in [2.05, 4.69) is 12.2 Å². The molecule has 19 heavy (non-hydrogen) atoms. The van der Waals surface area contributed by atoms with Crippen molar-refractivity contribution in [3.63, 3.8) is 0 Å². The third-order valence-electron chi connectivity index (χ3n) is 3.64. The van der Waals surface area contributed by atoms with E-state index in [0.29, 0.717) is 29.8 Å². The Morgan fingerprint density at radius 3 is 3.05 bits per heavy atom. The maximum Gasteiger partial charge on any atom is 0.341 e. The van der Waals surface area contributed by atoms with Gasteiger partial charge in [0.25, 0.3) is 0 Å². The topological polar surface area (TPSA) is 60.7 Å². The first kappa shape index (κ1) is 14.1. The van der Waals surface area contributed by atoms with Crippen LogP contribution in [-0.4, -0.2) is 32.3 Å². The molecule has 1 saturated heterocycles. The van der Waals surface area contributed by atoms with Crippen molar-refractivity contribution in [1.29, 1.82) is 0 Å². The van der Waals surface area contributed by atoms with Crippen LogP contribution in [0.1, 0.15) is 35.2 Å². The number of aryl methyl sites for hydroxylation is 1. The van der Waals surface area contributed by atoms with Crippen LogP contribution in [0.4, 0.5) is 0 Å². The first-order chi connectivity index (χ1) is 9.11. The fourth-order valence-corrected chi connectivity index (χ4v) is 2.32. The van der Waals surface area contributed by atoms with Crippen LogP contribution in [0.2, 0.25) is 0 Å². The quantitative estimate of drug-likeness (QED) is 0.825. The molecule has 1 aromatic heterocycles. The summed E-state index contributed by atoms with van der Waals surface area (Å²) in [6.45, 7) is 6.19. The second-order valence-corrected chi connectivity index (χ2v) is 4.97. The van der Waals surface area contributed by atoms with E-state index < -0.39 is 0 Å². The summed E-state index contributed by atoms with van der Waals surface area (Å²) in [6, 6.07) is 2.11. The van der Waals surface area contributed by atoms with Crippen LogP contribution >= 0.6 is 0 Å². The fraction of sp³-hybridized carbons (Fsp3) is 0.643. The van der Waals surface area contributed by atoms with E-state index in [0.717, 1.165) is 25.4 Å². The third-order valence-corrected chi connectivity index (χ3v) is 3.64. The normalized spacial score (nSPS) is 20.5. The van der Waals surface area contributed by atoms with Crippen molar-refractivity contribution < 1.29 is 18.7 Å². The number of rotatable bonds is 5. The lowest BCUT2D eigenvalue weighted by atomic mass is 10.0. The Balaban J connectivity index is 1.90. The average molecular weight is 267 g/mol. The lowest BCUT2D eigenvalue weighted by Gasteiger charge is -2.18. The fourth-order valence-electron chi connectivity index (χ4n) is 2.32. The Bertz CT molecular complexity index is 435. The predicted molar refractivity (Wildman–Crippen MR) is 70.0 cm³/mol. The summed E-state index contributed by atoms with van der Waals surface area (Å²) in [5, 5.41) is 3.41. The van der Waals surface area contributed by atoms with Crippen molar-refractivity contribution in [2.24, 2.45) is 5.92 Å². The standard InChI is InChI=1S/C14H21NO4/c1-9(11-4-5-18-8-11)15-7-12-6-13(10(2)19-12)14(16)17-3/h6,9,11,15H,4-5,7-8H2,1-3H3. The smallest absolute Gasteiger partial charge is 0.341 e. The summed E-state index contributed by atoms with van der Waals surface area (Å²) >= 11 is 0. The number of esters is 1. The predicted octanol–water partition coefficient (Wildman–Crippen LogP) is 1.89. The zero-order valence-electron chi connectivity index (χ0n) is 11.7. The maximum absolute atomic E-state index is 11.5. The Morgan fingerprint density at radius 2 is 2.42 bits per heavy atom. The Morgan fingerprint density at radius 1 is 1.63 bits per heavy atom. The van der Waals surface area contributed by atoms with Gasteiger partial charge in [-0.1, -0.05) is 0 Å². The summed E-state index contributed by atoms with van der Waals surface area (Å²) in [4.78, 5) is 11.5. The van der Waals surface area contributed by atoms with E-state index >= 15 is 0 Å². The van der Waals surface area contributed by atoms with Gasteiger partial charge in [0.15, 0.2) is 0 Å². The summed E-state index contributed by atoms with van der Waals surface area (Å²) in [5.41, 5.74) is 0.496.